The lowest BCUT2D eigenvalue weighted by atomic mass is 10.1. The Bertz CT molecular complexity index is 1140. The smallest absolute Gasteiger partial charge is 0.308 e. The van der Waals surface area contributed by atoms with Crippen molar-refractivity contribution < 1.29 is 4.79 Å². The predicted molar refractivity (Wildman–Crippen MR) is 102 cm³/mol. The van der Waals surface area contributed by atoms with Gasteiger partial charge in [-0.05, 0) is 35.0 Å². The van der Waals surface area contributed by atoms with Gasteiger partial charge in [-0.3, -0.25) is 5.32 Å². The fraction of sp³-hybridized carbons (Fsp3) is 0. The van der Waals surface area contributed by atoms with E-state index < -0.39 is 0 Å². The average Bonchev–Trinajstić information content (AvgIpc) is 3.02. The number of carbonyl (C=O) groups excluding carboxylic acids is 1. The molecule has 6 heteroatoms. The molecule has 0 unspecified atom stereocenters. The number of fused-ring (bicyclic) bond motifs is 2. The number of amides is 2. The van der Waals surface area contributed by atoms with Gasteiger partial charge in [0.05, 0.1) is 12.1 Å². The largest absolute Gasteiger partial charge is 0.325 e. The van der Waals surface area contributed by atoms with Crippen molar-refractivity contribution in [1.29, 1.82) is 0 Å². The molecule has 0 saturated carbocycles. The fourth-order valence-corrected chi connectivity index (χ4v) is 3.46. The zero-order valence-electron chi connectivity index (χ0n) is 13.0. The van der Waals surface area contributed by atoms with Gasteiger partial charge in [-0.25, -0.2) is 14.6 Å². The third-order valence-electron chi connectivity index (χ3n) is 3.73. The molecule has 0 atom stereocenters. The van der Waals surface area contributed by atoms with Crippen molar-refractivity contribution in [3.8, 4) is 0 Å². The maximum Gasteiger partial charge on any atom is 0.325 e. The summed E-state index contributed by atoms with van der Waals surface area (Å²) in [4.78, 5) is 20.0. The van der Waals surface area contributed by atoms with Gasteiger partial charge in [-0.1, -0.05) is 47.7 Å². The number of thiazole rings is 1. The molecular weight excluding hydrogens is 332 g/mol. The monoisotopic (exact) mass is 344 g/mol. The number of benzene rings is 3. The van der Waals surface area contributed by atoms with Crippen molar-refractivity contribution in [2.45, 2.75) is 0 Å². The highest BCUT2D eigenvalue weighted by Gasteiger charge is 2.09. The summed E-state index contributed by atoms with van der Waals surface area (Å²) in [6.07, 6.45) is 0. The van der Waals surface area contributed by atoms with Crippen LogP contribution in [-0.2, 0) is 0 Å². The molecule has 2 amide bonds. The highest BCUT2D eigenvalue weighted by Crippen LogP contribution is 2.29. The SMILES string of the molecule is [C-]#[N+]c1ccc2nc(NC(=O)Nc3ccc4ccccc4c3)sc2c1. The lowest BCUT2D eigenvalue weighted by Crippen LogP contribution is -2.19. The Labute approximate surface area is 147 Å². The highest BCUT2D eigenvalue weighted by atomic mass is 32.1. The molecular formula is C19H12N4OS. The predicted octanol–water partition coefficient (Wildman–Crippen LogP) is 5.64. The van der Waals surface area contributed by atoms with Crippen LogP contribution in [0.1, 0.15) is 0 Å². The summed E-state index contributed by atoms with van der Waals surface area (Å²) in [5, 5.41) is 8.24. The number of hydrogen-bond donors (Lipinski definition) is 2. The van der Waals surface area contributed by atoms with Gasteiger partial charge in [0.1, 0.15) is 0 Å². The zero-order valence-corrected chi connectivity index (χ0v) is 13.8. The Balaban J connectivity index is 1.52. The van der Waals surface area contributed by atoms with Gasteiger partial charge in [0, 0.05) is 10.4 Å². The fourth-order valence-electron chi connectivity index (χ4n) is 2.56. The summed E-state index contributed by atoms with van der Waals surface area (Å²) in [5.74, 6) is 0. The van der Waals surface area contributed by atoms with E-state index in [2.05, 4.69) is 20.5 Å². The van der Waals surface area contributed by atoms with Crippen LogP contribution in [0.2, 0.25) is 0 Å². The Morgan fingerprint density at radius 1 is 1.00 bits per heavy atom. The van der Waals surface area contributed by atoms with Crippen molar-refractivity contribution in [2.75, 3.05) is 10.6 Å². The molecule has 120 valence electrons. The Morgan fingerprint density at radius 3 is 2.68 bits per heavy atom. The van der Waals surface area contributed by atoms with E-state index in [0.29, 0.717) is 16.5 Å². The first kappa shape index (κ1) is 15.1. The van der Waals surface area contributed by atoms with Gasteiger partial charge in [0.25, 0.3) is 0 Å². The van der Waals surface area contributed by atoms with E-state index in [1.807, 2.05) is 42.5 Å². The highest BCUT2D eigenvalue weighted by molar-refractivity contribution is 7.22. The number of nitrogens with zero attached hydrogens (tertiary/aromatic N) is 2. The van der Waals surface area contributed by atoms with Crippen LogP contribution in [0.4, 0.5) is 21.3 Å². The number of anilines is 2. The Morgan fingerprint density at radius 2 is 1.84 bits per heavy atom. The molecule has 0 radical (unpaired) electrons. The lowest BCUT2D eigenvalue weighted by molar-refractivity contribution is 0.262. The summed E-state index contributed by atoms with van der Waals surface area (Å²) >= 11 is 1.34. The number of nitrogens with one attached hydrogen (secondary N) is 2. The van der Waals surface area contributed by atoms with E-state index in [0.717, 1.165) is 21.0 Å². The lowest BCUT2D eigenvalue weighted by Gasteiger charge is -2.06. The van der Waals surface area contributed by atoms with Gasteiger partial charge in [-0.2, -0.15) is 0 Å². The summed E-state index contributed by atoms with van der Waals surface area (Å²) in [5.41, 5.74) is 2.04. The molecule has 5 nitrogen and oxygen atoms in total. The van der Waals surface area contributed by atoms with E-state index in [1.54, 1.807) is 18.2 Å². The molecule has 25 heavy (non-hydrogen) atoms. The second-order valence-electron chi connectivity index (χ2n) is 5.42. The number of urea groups is 1. The van der Waals surface area contributed by atoms with Crippen molar-refractivity contribution >= 4 is 54.9 Å². The van der Waals surface area contributed by atoms with E-state index in [1.165, 1.54) is 11.3 Å². The maximum atomic E-state index is 12.2. The molecule has 0 fully saturated rings. The van der Waals surface area contributed by atoms with Crippen LogP contribution in [0.5, 0.6) is 0 Å². The van der Waals surface area contributed by atoms with Crippen molar-refractivity contribution in [2.24, 2.45) is 0 Å². The minimum absolute atomic E-state index is 0.347. The van der Waals surface area contributed by atoms with Crippen LogP contribution >= 0.6 is 11.3 Å². The zero-order chi connectivity index (χ0) is 17.2. The average molecular weight is 344 g/mol. The van der Waals surface area contributed by atoms with E-state index in [9.17, 15) is 4.79 Å². The summed E-state index contributed by atoms with van der Waals surface area (Å²) < 4.78 is 0.870. The molecule has 1 aromatic heterocycles. The number of aromatic nitrogens is 1. The molecule has 0 saturated heterocycles. The number of carbonyl (C=O) groups is 1. The minimum atomic E-state index is -0.347. The van der Waals surface area contributed by atoms with E-state index >= 15 is 0 Å². The van der Waals surface area contributed by atoms with E-state index in [-0.39, 0.29) is 6.03 Å². The van der Waals surface area contributed by atoms with Gasteiger partial charge < -0.3 is 5.32 Å². The molecule has 0 bridgehead atoms. The maximum absolute atomic E-state index is 12.2. The first-order valence-corrected chi connectivity index (χ1v) is 8.38. The van der Waals surface area contributed by atoms with Crippen LogP contribution in [0.25, 0.3) is 25.8 Å². The van der Waals surface area contributed by atoms with Crippen LogP contribution in [0.3, 0.4) is 0 Å². The van der Waals surface area contributed by atoms with Crippen LogP contribution in [0, 0.1) is 6.57 Å². The molecule has 2 N–H and O–H groups in total. The topological polar surface area (TPSA) is 58.4 Å². The van der Waals surface area contributed by atoms with Crippen LogP contribution in [-0.4, -0.2) is 11.0 Å². The minimum Gasteiger partial charge on any atom is -0.308 e. The molecule has 0 spiro atoms. The molecule has 0 aliphatic heterocycles. The summed E-state index contributed by atoms with van der Waals surface area (Å²) in [6.45, 7) is 7.05. The number of hydrogen-bond acceptors (Lipinski definition) is 3. The second-order valence-corrected chi connectivity index (χ2v) is 6.45. The van der Waals surface area contributed by atoms with Gasteiger partial charge in [0.2, 0.25) is 0 Å². The molecule has 3 aromatic carbocycles. The van der Waals surface area contributed by atoms with Gasteiger partial charge in [-0.15, -0.1) is 0 Å². The van der Waals surface area contributed by atoms with Crippen LogP contribution < -0.4 is 10.6 Å². The molecule has 0 aliphatic carbocycles. The standard InChI is InChI=1S/C19H12N4OS/c1-20-14-8-9-16-17(11-14)25-19(22-16)23-18(24)21-15-7-6-12-4-2-3-5-13(12)10-15/h2-11H,(H2,21,22,23,24). The van der Waals surface area contributed by atoms with E-state index in [4.69, 9.17) is 6.57 Å². The quantitative estimate of drug-likeness (QED) is 0.462. The second kappa shape index (κ2) is 6.23. The van der Waals surface area contributed by atoms with Crippen LogP contribution in [0.15, 0.2) is 60.7 Å². The first-order chi connectivity index (χ1) is 12.2. The van der Waals surface area contributed by atoms with Crippen molar-refractivity contribution in [1.82, 2.24) is 4.98 Å². The third-order valence-corrected chi connectivity index (χ3v) is 4.66. The normalized spacial score (nSPS) is 10.5. The summed E-state index contributed by atoms with van der Waals surface area (Å²) in [6, 6.07) is 18.6. The van der Waals surface area contributed by atoms with Crippen molar-refractivity contribution in [3.63, 3.8) is 0 Å². The summed E-state index contributed by atoms with van der Waals surface area (Å²) in [7, 11) is 0. The van der Waals surface area contributed by atoms with Gasteiger partial charge in [0.15, 0.2) is 10.8 Å². The molecule has 4 rings (SSSR count). The van der Waals surface area contributed by atoms with Gasteiger partial charge >= 0.3 is 6.03 Å². The molecule has 4 aromatic rings. The van der Waals surface area contributed by atoms with Crippen molar-refractivity contribution in [3.05, 3.63) is 72.1 Å². The number of rotatable bonds is 2. The third kappa shape index (κ3) is 3.13. The Kier molecular flexibility index (Phi) is 3.77. The first-order valence-electron chi connectivity index (χ1n) is 7.56. The Hall–Kier alpha value is -3.43. The molecule has 0 aliphatic rings. The molecule has 1 heterocycles.